The highest BCUT2D eigenvalue weighted by molar-refractivity contribution is 6.99. The van der Waals surface area contributed by atoms with Gasteiger partial charge in [-0.2, -0.15) is 0 Å². The van der Waals surface area contributed by atoms with Crippen molar-refractivity contribution in [1.29, 1.82) is 0 Å². The minimum absolute atomic E-state index is 0.117. The lowest BCUT2D eigenvalue weighted by atomic mass is 9.80. The summed E-state index contributed by atoms with van der Waals surface area (Å²) < 4.78 is 29.0. The van der Waals surface area contributed by atoms with Crippen LogP contribution in [0.4, 0.5) is 0 Å². The van der Waals surface area contributed by atoms with E-state index in [1.165, 1.54) is 4.57 Å². The molecule has 2 heterocycles. The van der Waals surface area contributed by atoms with Crippen LogP contribution in [0.3, 0.4) is 0 Å². The summed E-state index contributed by atoms with van der Waals surface area (Å²) in [5.74, 6) is 0.737. The molecule has 5 aromatic carbocycles. The zero-order valence-corrected chi connectivity index (χ0v) is 33.0. The Hall–Kier alpha value is -5.32. The summed E-state index contributed by atoms with van der Waals surface area (Å²) in [7, 11) is -1.44. The first-order chi connectivity index (χ1) is 26.6. The predicted molar refractivity (Wildman–Crippen MR) is 219 cm³/mol. The smallest absolute Gasteiger partial charge is 0.330 e. The van der Waals surface area contributed by atoms with Crippen LogP contribution < -0.4 is 26.4 Å². The van der Waals surface area contributed by atoms with Gasteiger partial charge in [-0.3, -0.25) is 14.3 Å². The Balaban J connectivity index is 1.38. The lowest BCUT2D eigenvalue weighted by molar-refractivity contribution is -0.0925. The molecule has 6 aromatic rings. The van der Waals surface area contributed by atoms with Crippen molar-refractivity contribution >= 4 is 18.7 Å². The molecule has 0 amide bonds. The molecule has 1 aliphatic heterocycles. The third kappa shape index (κ3) is 7.28. The normalized spacial score (nSPS) is 17.6. The topological polar surface area (TPSA) is 91.8 Å². The summed E-state index contributed by atoms with van der Waals surface area (Å²) in [4.78, 5) is 28.3. The molecule has 1 saturated heterocycles. The van der Waals surface area contributed by atoms with Gasteiger partial charge in [-0.25, -0.2) is 4.79 Å². The van der Waals surface area contributed by atoms with Crippen molar-refractivity contribution in [3.05, 3.63) is 195 Å². The van der Waals surface area contributed by atoms with Crippen LogP contribution in [-0.2, 0) is 19.5 Å². The molecule has 9 heteroatoms. The van der Waals surface area contributed by atoms with E-state index in [2.05, 4.69) is 98.6 Å². The van der Waals surface area contributed by atoms with E-state index >= 15 is 0 Å². The molecule has 8 nitrogen and oxygen atoms in total. The molecule has 0 radical (unpaired) electrons. The first-order valence-corrected chi connectivity index (χ1v) is 20.6. The fraction of sp³-hybridized carbons (Fsp3) is 0.261. The highest BCUT2D eigenvalue weighted by atomic mass is 28.4. The number of methoxy groups -OCH3 is 1. The van der Waals surface area contributed by atoms with Crippen LogP contribution in [0.1, 0.15) is 55.7 Å². The zero-order chi connectivity index (χ0) is 38.6. The molecule has 1 N–H and O–H groups in total. The van der Waals surface area contributed by atoms with Gasteiger partial charge in [0.15, 0.2) is 0 Å². The molecule has 55 heavy (non-hydrogen) atoms. The highest BCUT2D eigenvalue weighted by Crippen LogP contribution is 2.44. The Morgan fingerprint density at radius 3 is 1.71 bits per heavy atom. The maximum Gasteiger partial charge on any atom is 0.330 e. The van der Waals surface area contributed by atoms with Crippen LogP contribution in [0.25, 0.3) is 0 Å². The molecule has 0 aliphatic carbocycles. The molecule has 3 atom stereocenters. The number of ether oxygens (including phenoxy) is 3. The number of rotatable bonds is 12. The second-order valence-corrected chi connectivity index (χ2v) is 19.4. The van der Waals surface area contributed by atoms with Gasteiger partial charge < -0.3 is 18.6 Å². The standard InChI is InChI=1S/C46H48N2O6Si/c1-33-31-48(44(50)47-43(33)49)42-30-40(54-55(45(2,3)4,38-22-14-8-15-23-38)39-24-16-9-17-25-39)41(53-42)32-52-46(34-18-10-6-11-19-34,35-20-12-7-13-21-35)36-26-28-37(51-5)29-27-36/h6-29,31,40-42H,30,32H2,1-5H3,(H,47,49,50)/t40-,41-,42-/m1/s1. The summed E-state index contributed by atoms with van der Waals surface area (Å²) in [5.41, 5.74) is 1.21. The molecule has 1 aliphatic rings. The monoisotopic (exact) mass is 752 g/mol. The summed E-state index contributed by atoms with van der Waals surface area (Å²) in [6.45, 7) is 8.53. The molecule has 0 spiro atoms. The van der Waals surface area contributed by atoms with Crippen LogP contribution in [0.5, 0.6) is 5.75 Å². The average Bonchev–Trinajstić information content (AvgIpc) is 3.61. The maximum absolute atomic E-state index is 13.4. The molecular formula is C46H48N2O6Si. The molecule has 1 aromatic heterocycles. The van der Waals surface area contributed by atoms with E-state index in [1.54, 1.807) is 20.2 Å². The summed E-state index contributed by atoms with van der Waals surface area (Å²) in [6.07, 6.45) is 0.0933. The summed E-state index contributed by atoms with van der Waals surface area (Å²) >= 11 is 0. The lowest BCUT2D eigenvalue weighted by Gasteiger charge is -2.45. The molecule has 1 fully saturated rings. The van der Waals surface area contributed by atoms with Gasteiger partial charge in [-0.15, -0.1) is 0 Å². The second kappa shape index (κ2) is 15.8. The Kier molecular flexibility index (Phi) is 10.9. The van der Waals surface area contributed by atoms with Gasteiger partial charge in [0.05, 0.1) is 19.8 Å². The van der Waals surface area contributed by atoms with E-state index in [0.29, 0.717) is 12.0 Å². The number of H-pyrrole nitrogens is 1. The van der Waals surface area contributed by atoms with Crippen LogP contribution >= 0.6 is 0 Å². The lowest BCUT2D eigenvalue weighted by Crippen LogP contribution is -2.68. The third-order valence-electron chi connectivity index (χ3n) is 10.7. The number of aromatic nitrogens is 2. The van der Waals surface area contributed by atoms with Gasteiger partial charge in [0, 0.05) is 18.2 Å². The predicted octanol–water partition coefficient (Wildman–Crippen LogP) is 7.10. The number of nitrogens with one attached hydrogen (secondary N) is 1. The molecule has 282 valence electrons. The van der Waals surface area contributed by atoms with Gasteiger partial charge in [0.25, 0.3) is 13.9 Å². The first kappa shape index (κ1) is 38.0. The van der Waals surface area contributed by atoms with Crippen LogP contribution in [0.2, 0.25) is 5.04 Å². The van der Waals surface area contributed by atoms with E-state index in [1.807, 2.05) is 72.8 Å². The third-order valence-corrected chi connectivity index (χ3v) is 15.8. The van der Waals surface area contributed by atoms with Crippen molar-refractivity contribution in [2.24, 2.45) is 0 Å². The first-order valence-electron chi connectivity index (χ1n) is 18.7. The van der Waals surface area contributed by atoms with Crippen LogP contribution in [-0.4, -0.2) is 43.8 Å². The largest absolute Gasteiger partial charge is 0.497 e. The Morgan fingerprint density at radius 1 is 0.727 bits per heavy atom. The number of benzene rings is 5. The van der Waals surface area contributed by atoms with Crippen molar-refractivity contribution in [3.63, 3.8) is 0 Å². The van der Waals surface area contributed by atoms with E-state index < -0.39 is 43.6 Å². The number of aryl methyl sites for hydroxylation is 1. The number of hydrogen-bond acceptors (Lipinski definition) is 6. The van der Waals surface area contributed by atoms with Crippen molar-refractivity contribution < 1.29 is 18.6 Å². The minimum atomic E-state index is -3.09. The fourth-order valence-electron chi connectivity index (χ4n) is 7.99. The van der Waals surface area contributed by atoms with E-state index in [4.69, 9.17) is 18.6 Å². The Labute approximate surface area is 323 Å². The Morgan fingerprint density at radius 2 is 1.22 bits per heavy atom. The molecule has 0 bridgehead atoms. The van der Waals surface area contributed by atoms with Crippen LogP contribution in [0.15, 0.2) is 161 Å². The van der Waals surface area contributed by atoms with Crippen molar-refractivity contribution in [3.8, 4) is 5.75 Å². The molecule has 7 rings (SSSR count). The Bertz CT molecular complexity index is 2210. The van der Waals surface area contributed by atoms with E-state index in [0.717, 1.165) is 32.8 Å². The summed E-state index contributed by atoms with van der Waals surface area (Å²) in [5, 5.41) is 1.95. The number of nitrogens with zero attached hydrogens (tertiary/aromatic N) is 1. The molecular weight excluding hydrogens is 705 g/mol. The number of aromatic amines is 1. The zero-order valence-electron chi connectivity index (χ0n) is 32.0. The van der Waals surface area contributed by atoms with Crippen molar-refractivity contribution in [1.82, 2.24) is 9.55 Å². The summed E-state index contributed by atoms with van der Waals surface area (Å²) in [6, 6.07) is 49.3. The maximum atomic E-state index is 13.4. The fourth-order valence-corrected chi connectivity index (χ4v) is 12.7. The van der Waals surface area contributed by atoms with Gasteiger partial charge in [-0.1, -0.05) is 154 Å². The van der Waals surface area contributed by atoms with Crippen molar-refractivity contribution in [2.75, 3.05) is 13.7 Å². The SMILES string of the molecule is COc1ccc(C(OC[C@H]2O[C@@H](n3cc(C)c(=O)[nH]c3=O)C[C@H]2O[Si](c2ccccc2)(c2ccccc2)C(C)(C)C)(c2ccccc2)c2ccccc2)cc1. The van der Waals surface area contributed by atoms with Crippen molar-refractivity contribution in [2.45, 2.75) is 63.2 Å². The van der Waals surface area contributed by atoms with E-state index in [-0.39, 0.29) is 11.6 Å². The van der Waals surface area contributed by atoms with Gasteiger partial charge in [0.1, 0.15) is 23.7 Å². The van der Waals surface area contributed by atoms with E-state index in [9.17, 15) is 9.59 Å². The molecule has 0 saturated carbocycles. The quantitative estimate of drug-likeness (QED) is 0.106. The second-order valence-electron chi connectivity index (χ2n) is 15.1. The molecule has 0 unspecified atom stereocenters. The average molecular weight is 753 g/mol. The minimum Gasteiger partial charge on any atom is -0.497 e. The van der Waals surface area contributed by atoms with Gasteiger partial charge in [0.2, 0.25) is 0 Å². The van der Waals surface area contributed by atoms with Crippen LogP contribution in [0, 0.1) is 6.92 Å². The van der Waals surface area contributed by atoms with Gasteiger partial charge >= 0.3 is 5.69 Å². The number of hydrogen-bond donors (Lipinski definition) is 1. The highest BCUT2D eigenvalue weighted by Gasteiger charge is 2.54. The van der Waals surface area contributed by atoms with Gasteiger partial charge in [-0.05, 0) is 51.2 Å².